The van der Waals surface area contributed by atoms with E-state index in [1.54, 1.807) is 11.3 Å². The van der Waals surface area contributed by atoms with Gasteiger partial charge in [0.25, 0.3) is 0 Å². The number of ether oxygens (including phenoxy) is 1. The predicted molar refractivity (Wildman–Crippen MR) is 114 cm³/mol. The lowest BCUT2D eigenvalue weighted by Gasteiger charge is -2.32. The molecule has 2 saturated heterocycles. The Bertz CT molecular complexity index is 1090. The van der Waals surface area contributed by atoms with E-state index >= 15 is 0 Å². The number of nitrogens with zero attached hydrogens (tertiary/aromatic N) is 7. The average Bonchev–Trinajstić information content (AvgIpc) is 3.41. The zero-order chi connectivity index (χ0) is 22.3. The van der Waals surface area contributed by atoms with Crippen LogP contribution in [0.15, 0.2) is 12.4 Å². The molecule has 0 aliphatic carbocycles. The Labute approximate surface area is 191 Å². The highest BCUT2D eigenvalue weighted by molar-refractivity contribution is 7.19. The van der Waals surface area contributed by atoms with E-state index in [9.17, 15) is 13.2 Å². The largest absolute Gasteiger partial charge is 0.451 e. The van der Waals surface area contributed by atoms with Gasteiger partial charge in [-0.1, -0.05) is 0 Å². The Morgan fingerprint density at radius 2 is 1.88 bits per heavy atom. The number of fused-ring (bicyclic) bond motifs is 1. The first-order valence-corrected chi connectivity index (χ1v) is 11.6. The Kier molecular flexibility index (Phi) is 5.95. The van der Waals surface area contributed by atoms with Crippen LogP contribution in [-0.2, 0) is 17.5 Å². The van der Waals surface area contributed by atoms with Gasteiger partial charge in [-0.2, -0.15) is 18.2 Å². The highest BCUT2D eigenvalue weighted by Crippen LogP contribution is 2.36. The molecule has 5 heterocycles. The summed E-state index contributed by atoms with van der Waals surface area (Å²) in [6.07, 6.45) is -2.09. The lowest BCUT2D eigenvalue weighted by Crippen LogP contribution is -2.36. The third-order valence-electron chi connectivity index (χ3n) is 5.84. The van der Waals surface area contributed by atoms with Gasteiger partial charge in [0.2, 0.25) is 11.1 Å². The van der Waals surface area contributed by atoms with Crippen molar-refractivity contribution in [3.05, 3.63) is 28.4 Å². The number of alkyl halides is 3. The van der Waals surface area contributed by atoms with E-state index in [-0.39, 0.29) is 11.3 Å². The third-order valence-corrected chi connectivity index (χ3v) is 7.12. The first-order valence-electron chi connectivity index (χ1n) is 10.4. The summed E-state index contributed by atoms with van der Waals surface area (Å²) in [5, 5.41) is 6.96. The molecule has 5 rings (SSSR count). The molecule has 0 unspecified atom stereocenters. The van der Waals surface area contributed by atoms with Gasteiger partial charge in [-0.05, 0) is 30.5 Å². The van der Waals surface area contributed by atoms with Gasteiger partial charge in [0.05, 0.1) is 23.4 Å². The first-order chi connectivity index (χ1) is 15.4. The van der Waals surface area contributed by atoms with E-state index in [2.05, 4.69) is 30.0 Å². The minimum atomic E-state index is -4.49. The van der Waals surface area contributed by atoms with Crippen LogP contribution in [0.5, 0.6) is 0 Å². The quantitative estimate of drug-likeness (QED) is 0.520. The van der Waals surface area contributed by atoms with Crippen LogP contribution < -0.4 is 4.90 Å². The number of morpholine rings is 1. The third kappa shape index (κ3) is 4.41. The van der Waals surface area contributed by atoms with Crippen LogP contribution in [0, 0.1) is 0 Å². The first kappa shape index (κ1) is 21.8. The second-order valence-electron chi connectivity index (χ2n) is 7.91. The van der Waals surface area contributed by atoms with E-state index in [0.29, 0.717) is 45.7 Å². The van der Waals surface area contributed by atoms with Crippen molar-refractivity contribution in [2.75, 3.05) is 44.3 Å². The van der Waals surface area contributed by atoms with Crippen molar-refractivity contribution in [3.63, 3.8) is 0 Å². The van der Waals surface area contributed by atoms with E-state index in [0.717, 1.165) is 34.0 Å². The zero-order valence-electron chi connectivity index (χ0n) is 17.1. The fourth-order valence-corrected chi connectivity index (χ4v) is 5.62. The molecule has 3 aromatic heterocycles. The number of rotatable bonds is 4. The predicted octanol–water partition coefficient (Wildman–Crippen LogP) is 3.63. The standard InChI is InChI=1S/C19H21ClF3N7OS/c20-18-25-14-9-13(32-15(14)16(26-18)29-5-7-31-8-6-29)10-28-3-1-12(2-4-28)30-11-24-27-17(30)19(21,22)23/h9,11-12H,1-8,10H2. The molecule has 2 aliphatic heterocycles. The van der Waals surface area contributed by atoms with Crippen LogP contribution in [0.4, 0.5) is 19.0 Å². The van der Waals surface area contributed by atoms with Crippen molar-refractivity contribution in [3.8, 4) is 0 Å². The topological polar surface area (TPSA) is 72.2 Å². The monoisotopic (exact) mass is 487 g/mol. The molecule has 32 heavy (non-hydrogen) atoms. The summed E-state index contributed by atoms with van der Waals surface area (Å²) < 4.78 is 47.0. The number of piperidine rings is 1. The number of aromatic nitrogens is 5. The molecule has 3 aromatic rings. The molecular formula is C19H21ClF3N7OS. The van der Waals surface area contributed by atoms with E-state index in [1.807, 2.05) is 6.07 Å². The van der Waals surface area contributed by atoms with Crippen LogP contribution in [0.2, 0.25) is 5.28 Å². The van der Waals surface area contributed by atoms with E-state index in [4.69, 9.17) is 16.3 Å². The fourth-order valence-electron chi connectivity index (χ4n) is 4.29. The Morgan fingerprint density at radius 1 is 1.12 bits per heavy atom. The maximum absolute atomic E-state index is 13.1. The molecule has 0 saturated carbocycles. The van der Waals surface area contributed by atoms with Gasteiger partial charge in [-0.3, -0.25) is 4.90 Å². The highest BCUT2D eigenvalue weighted by atomic mass is 35.5. The van der Waals surface area contributed by atoms with Crippen LogP contribution in [0.3, 0.4) is 0 Å². The van der Waals surface area contributed by atoms with Gasteiger partial charge in [0, 0.05) is 43.6 Å². The molecule has 2 fully saturated rings. The van der Waals surface area contributed by atoms with Crippen LogP contribution in [0.25, 0.3) is 10.2 Å². The van der Waals surface area contributed by atoms with Crippen molar-refractivity contribution in [2.24, 2.45) is 0 Å². The van der Waals surface area contributed by atoms with Crippen LogP contribution in [0.1, 0.15) is 29.6 Å². The Balaban J connectivity index is 1.28. The van der Waals surface area contributed by atoms with Gasteiger partial charge < -0.3 is 14.2 Å². The number of anilines is 1. The summed E-state index contributed by atoms with van der Waals surface area (Å²) in [5.41, 5.74) is 0.820. The average molecular weight is 488 g/mol. The van der Waals surface area contributed by atoms with E-state index in [1.165, 1.54) is 10.9 Å². The summed E-state index contributed by atoms with van der Waals surface area (Å²) in [4.78, 5) is 14.4. The summed E-state index contributed by atoms with van der Waals surface area (Å²) >= 11 is 7.82. The van der Waals surface area contributed by atoms with Gasteiger partial charge in [0.15, 0.2) is 5.82 Å². The summed E-state index contributed by atoms with van der Waals surface area (Å²) in [7, 11) is 0. The minimum Gasteiger partial charge on any atom is -0.378 e. The highest BCUT2D eigenvalue weighted by Gasteiger charge is 2.39. The molecule has 0 radical (unpaired) electrons. The number of hydrogen-bond acceptors (Lipinski definition) is 8. The molecule has 13 heteroatoms. The normalized spacial score (nSPS) is 19.2. The minimum absolute atomic E-state index is 0.221. The molecule has 8 nitrogen and oxygen atoms in total. The maximum Gasteiger partial charge on any atom is 0.451 e. The second-order valence-corrected chi connectivity index (χ2v) is 9.38. The summed E-state index contributed by atoms with van der Waals surface area (Å²) in [6, 6.07) is 1.78. The molecule has 172 valence electrons. The van der Waals surface area contributed by atoms with Crippen molar-refractivity contribution in [1.82, 2.24) is 29.6 Å². The van der Waals surface area contributed by atoms with Crippen molar-refractivity contribution < 1.29 is 17.9 Å². The Hall–Kier alpha value is -2.02. The number of hydrogen-bond donors (Lipinski definition) is 0. The van der Waals surface area contributed by atoms with Crippen molar-refractivity contribution >= 4 is 39.0 Å². The molecule has 0 bridgehead atoms. The lowest BCUT2D eigenvalue weighted by molar-refractivity contribution is -0.148. The number of halogens is 4. The van der Waals surface area contributed by atoms with Gasteiger partial charge >= 0.3 is 6.18 Å². The number of thiophene rings is 1. The molecular weight excluding hydrogens is 467 g/mol. The molecule has 2 aliphatic rings. The molecule has 0 amide bonds. The fraction of sp³-hybridized carbons (Fsp3) is 0.579. The van der Waals surface area contributed by atoms with E-state index < -0.39 is 12.0 Å². The summed E-state index contributed by atoms with van der Waals surface area (Å²) in [6.45, 7) is 4.91. The molecule has 0 atom stereocenters. The second kappa shape index (κ2) is 8.73. The van der Waals surface area contributed by atoms with Crippen molar-refractivity contribution in [1.29, 1.82) is 0 Å². The van der Waals surface area contributed by atoms with Crippen molar-refractivity contribution in [2.45, 2.75) is 31.6 Å². The van der Waals surface area contributed by atoms with Gasteiger partial charge in [-0.15, -0.1) is 21.5 Å². The lowest BCUT2D eigenvalue weighted by atomic mass is 10.0. The number of likely N-dealkylation sites (tertiary alicyclic amines) is 1. The molecule has 0 spiro atoms. The van der Waals surface area contributed by atoms with Crippen LogP contribution in [-0.4, -0.2) is 69.0 Å². The van der Waals surface area contributed by atoms with Crippen LogP contribution >= 0.6 is 22.9 Å². The molecule has 0 aromatic carbocycles. The smallest absolute Gasteiger partial charge is 0.378 e. The molecule has 0 N–H and O–H groups in total. The van der Waals surface area contributed by atoms with Gasteiger partial charge in [0.1, 0.15) is 6.33 Å². The SMILES string of the molecule is FC(F)(F)c1nncn1C1CCN(Cc2cc3nc(Cl)nc(N4CCOCC4)c3s2)CC1. The van der Waals surface area contributed by atoms with Gasteiger partial charge in [-0.25, -0.2) is 4.98 Å². The zero-order valence-corrected chi connectivity index (χ0v) is 18.6. The summed E-state index contributed by atoms with van der Waals surface area (Å²) in [5.74, 6) is -0.0860. The maximum atomic E-state index is 13.1. The Morgan fingerprint density at radius 3 is 2.59 bits per heavy atom.